The molecule has 16 valence electrons. The predicted octanol–water partition coefficient (Wildman–Crippen LogP) is -0.388. The molecule has 0 N–H and O–H groups in total. The standard InChI is InChI=1S/Hg.S.Se.Zn/q+2;2*-2;+2. The molecule has 0 spiro atoms. The van der Waals surface area contributed by atoms with Gasteiger partial charge in [-0.2, -0.15) is 0 Å². The molecule has 4 heteroatoms. The van der Waals surface area contributed by atoms with E-state index in [2.05, 4.69) is 0 Å². The molecule has 4 heavy (non-hydrogen) atoms. The van der Waals surface area contributed by atoms with Crippen molar-refractivity contribution in [3.63, 3.8) is 0 Å². The SMILES string of the molecule is [Hg+2].[S-2].[Se-2].[Zn+2]. The van der Waals surface area contributed by atoms with Crippen LogP contribution in [0.4, 0.5) is 0 Å². The van der Waals surface area contributed by atoms with Crippen LogP contribution >= 0.6 is 0 Å². The van der Waals surface area contributed by atoms with Crippen LogP contribution in [0.5, 0.6) is 0 Å². The van der Waals surface area contributed by atoms with Gasteiger partial charge in [-0.1, -0.05) is 0 Å². The third-order valence-electron chi connectivity index (χ3n) is 0. The zero-order valence-electron chi connectivity index (χ0n) is 2.23. The average Bonchev–Trinajstić information content (AvgIpc) is 0. The summed E-state index contributed by atoms with van der Waals surface area (Å²) in [4.78, 5) is 0. The van der Waals surface area contributed by atoms with Crippen molar-refractivity contribution in [1.29, 1.82) is 0 Å². The second-order valence-corrected chi connectivity index (χ2v) is 0. The molecule has 0 fully saturated rings. The molecule has 0 atom stereocenters. The first-order valence-electron chi connectivity index (χ1n) is 0. The summed E-state index contributed by atoms with van der Waals surface area (Å²) < 4.78 is 0. The monoisotopic (exact) mass is 378 g/mol. The van der Waals surface area contributed by atoms with Gasteiger partial charge >= 0.3 is 47.1 Å². The molecule has 0 bridgehead atoms. The van der Waals surface area contributed by atoms with Crippen LogP contribution < -0.4 is 0 Å². The number of hydrogen-bond acceptors (Lipinski definition) is 0. The van der Waals surface area contributed by atoms with Crippen molar-refractivity contribution in [2.24, 2.45) is 0 Å². The summed E-state index contributed by atoms with van der Waals surface area (Å²) in [6.07, 6.45) is 0. The van der Waals surface area contributed by atoms with Crippen molar-refractivity contribution in [2.45, 2.75) is 0 Å². The maximum Gasteiger partial charge on any atom is 2.00 e. The minimum Gasteiger partial charge on any atom is -2.00 e. The summed E-state index contributed by atoms with van der Waals surface area (Å²) in [7, 11) is 0. The number of rotatable bonds is 0. The van der Waals surface area contributed by atoms with Gasteiger partial charge < -0.3 is 30.6 Å². The van der Waals surface area contributed by atoms with E-state index in [0.29, 0.717) is 0 Å². The van der Waals surface area contributed by atoms with Gasteiger partial charge in [-0.15, -0.1) is 0 Å². The van der Waals surface area contributed by atoms with Crippen molar-refractivity contribution in [1.82, 2.24) is 0 Å². The minimum absolute atomic E-state index is 0. The zero-order valence-corrected chi connectivity index (χ0v) is 13.2. The van der Waals surface area contributed by atoms with E-state index >= 15 is 0 Å². The predicted molar refractivity (Wildman–Crippen MR) is 13.1 cm³/mol. The van der Waals surface area contributed by atoms with Crippen LogP contribution in [0.25, 0.3) is 0 Å². The van der Waals surface area contributed by atoms with Crippen LogP contribution in [0.3, 0.4) is 0 Å². The Balaban J connectivity index is 0. The molecule has 0 heterocycles. The maximum absolute atomic E-state index is 0. The Bertz CT molecular complexity index is 8.00. The van der Waals surface area contributed by atoms with Gasteiger partial charge in [0, 0.05) is 0 Å². The Hall–Kier alpha value is 2.43. The Morgan fingerprint density at radius 2 is 1.00 bits per heavy atom. The summed E-state index contributed by atoms with van der Waals surface area (Å²) in [5.74, 6) is 0. The normalized spacial score (nSPS) is 0. The minimum atomic E-state index is 0. The van der Waals surface area contributed by atoms with Crippen molar-refractivity contribution >= 4 is 30.6 Å². The molecule has 0 aromatic carbocycles. The van der Waals surface area contributed by atoms with Gasteiger partial charge in [-0.3, -0.25) is 0 Å². The molecule has 0 saturated carbocycles. The van der Waals surface area contributed by atoms with Crippen LogP contribution in [-0.2, 0) is 60.6 Å². The molecule has 0 aromatic rings. The van der Waals surface area contributed by atoms with Crippen LogP contribution in [0.15, 0.2) is 0 Å². The van der Waals surface area contributed by atoms with Crippen molar-refractivity contribution in [3.8, 4) is 0 Å². The van der Waals surface area contributed by atoms with E-state index in [4.69, 9.17) is 0 Å². The fourth-order valence-corrected chi connectivity index (χ4v) is 0. The van der Waals surface area contributed by atoms with Gasteiger partial charge in [-0.25, -0.2) is 0 Å². The third-order valence-corrected chi connectivity index (χ3v) is 0. The Labute approximate surface area is 76.7 Å². The molecule has 0 saturated heterocycles. The smallest absolute Gasteiger partial charge is 2.00 e. The molecule has 0 aromatic heterocycles. The molecular weight excluding hydrogens is 377 g/mol. The quantitative estimate of drug-likeness (QED) is 0.505. The summed E-state index contributed by atoms with van der Waals surface area (Å²) >= 11 is 0. The average molecular weight is 377 g/mol. The van der Waals surface area contributed by atoms with Gasteiger partial charge in [-0.05, 0) is 0 Å². The zero-order chi connectivity index (χ0) is 0. The topological polar surface area (TPSA) is 0 Å². The Morgan fingerprint density at radius 3 is 1.00 bits per heavy atom. The summed E-state index contributed by atoms with van der Waals surface area (Å²) in [5.41, 5.74) is 0. The van der Waals surface area contributed by atoms with Crippen LogP contribution in [0.2, 0.25) is 0 Å². The molecule has 0 aliphatic rings. The third kappa shape index (κ3) is 8.83. The van der Waals surface area contributed by atoms with E-state index in [9.17, 15) is 0 Å². The van der Waals surface area contributed by atoms with Crippen molar-refractivity contribution in [3.05, 3.63) is 0 Å². The van der Waals surface area contributed by atoms with Crippen LogP contribution in [-0.4, -0.2) is 17.1 Å². The first-order chi connectivity index (χ1) is 0. The fourth-order valence-electron chi connectivity index (χ4n) is 0. The van der Waals surface area contributed by atoms with Crippen molar-refractivity contribution in [2.75, 3.05) is 0 Å². The van der Waals surface area contributed by atoms with Gasteiger partial charge in [0.05, 0.1) is 0 Å². The Morgan fingerprint density at radius 1 is 1.00 bits per heavy atom. The van der Waals surface area contributed by atoms with E-state index < -0.39 is 0 Å². The first kappa shape index (κ1) is 32.1. The second kappa shape index (κ2) is 18.1. The first-order valence-corrected chi connectivity index (χ1v) is 0. The largest absolute Gasteiger partial charge is 2.00 e. The van der Waals surface area contributed by atoms with Gasteiger partial charge in [0.15, 0.2) is 0 Å². The maximum atomic E-state index is 0. The second-order valence-electron chi connectivity index (χ2n) is 0. The molecule has 0 amide bonds. The van der Waals surface area contributed by atoms with Crippen LogP contribution in [0, 0.1) is 0 Å². The van der Waals surface area contributed by atoms with E-state index in [-0.39, 0.29) is 77.7 Å². The van der Waals surface area contributed by atoms with Crippen molar-refractivity contribution < 1.29 is 47.1 Å². The van der Waals surface area contributed by atoms with E-state index in [1.54, 1.807) is 0 Å². The van der Waals surface area contributed by atoms with E-state index in [1.807, 2.05) is 0 Å². The van der Waals surface area contributed by atoms with E-state index in [1.165, 1.54) is 0 Å². The Kier molecular flexibility index (Phi) is 145. The molecular formula is HgSSeZn. The van der Waals surface area contributed by atoms with Gasteiger partial charge in [0.25, 0.3) is 0 Å². The van der Waals surface area contributed by atoms with Gasteiger partial charge in [0.1, 0.15) is 0 Å². The molecule has 0 nitrogen and oxygen atoms in total. The van der Waals surface area contributed by atoms with E-state index in [0.717, 1.165) is 0 Å². The molecule has 0 rings (SSSR count). The summed E-state index contributed by atoms with van der Waals surface area (Å²) in [6.45, 7) is 0. The molecule has 0 unspecified atom stereocenters. The van der Waals surface area contributed by atoms with Crippen LogP contribution in [0.1, 0.15) is 0 Å². The fraction of sp³-hybridized carbons (Fsp3) is 0. The summed E-state index contributed by atoms with van der Waals surface area (Å²) in [6, 6.07) is 0. The molecule has 0 aliphatic heterocycles. The summed E-state index contributed by atoms with van der Waals surface area (Å²) in [5, 5.41) is 0. The molecule has 0 radical (unpaired) electrons. The molecule has 0 aliphatic carbocycles. The van der Waals surface area contributed by atoms with Gasteiger partial charge in [0.2, 0.25) is 0 Å². The number of hydrogen-bond donors (Lipinski definition) is 0.